The van der Waals surface area contributed by atoms with Crippen molar-refractivity contribution in [1.29, 1.82) is 0 Å². The molecule has 158 valence electrons. The summed E-state index contributed by atoms with van der Waals surface area (Å²) in [5.41, 5.74) is 0.906. The van der Waals surface area contributed by atoms with Gasteiger partial charge in [0.15, 0.2) is 0 Å². The lowest BCUT2D eigenvalue weighted by molar-refractivity contribution is -0.384. The van der Waals surface area contributed by atoms with Gasteiger partial charge in [0.05, 0.1) is 16.2 Å². The molecule has 1 aliphatic carbocycles. The van der Waals surface area contributed by atoms with Crippen molar-refractivity contribution in [2.45, 2.75) is 57.9 Å². The Morgan fingerprint density at radius 2 is 1.86 bits per heavy atom. The average Bonchev–Trinajstić information content (AvgIpc) is 3.21. The second-order valence-electron chi connectivity index (χ2n) is 8.18. The summed E-state index contributed by atoms with van der Waals surface area (Å²) in [6.45, 7) is 4.06. The summed E-state index contributed by atoms with van der Waals surface area (Å²) < 4.78 is 0. The number of piperidine rings is 1. The number of nitrogens with zero attached hydrogens (tertiary/aromatic N) is 2. The quantitative estimate of drug-likeness (QED) is 0.539. The van der Waals surface area contributed by atoms with E-state index in [1.54, 1.807) is 6.07 Å². The number of amides is 2. The van der Waals surface area contributed by atoms with Gasteiger partial charge in [-0.1, -0.05) is 19.8 Å². The van der Waals surface area contributed by atoms with Crippen LogP contribution >= 0.6 is 0 Å². The van der Waals surface area contributed by atoms with Crippen molar-refractivity contribution in [2.75, 3.05) is 24.5 Å². The molecule has 0 aromatic heterocycles. The van der Waals surface area contributed by atoms with E-state index >= 15 is 0 Å². The number of rotatable bonds is 7. The summed E-state index contributed by atoms with van der Waals surface area (Å²) >= 11 is 0. The maximum atomic E-state index is 12.8. The first-order valence-corrected chi connectivity index (χ1v) is 10.5. The van der Waals surface area contributed by atoms with Crippen LogP contribution in [0.3, 0.4) is 0 Å². The van der Waals surface area contributed by atoms with Crippen LogP contribution in [0.4, 0.5) is 11.4 Å². The molecule has 0 bridgehead atoms. The second-order valence-corrected chi connectivity index (χ2v) is 8.18. The average molecular weight is 402 g/mol. The van der Waals surface area contributed by atoms with Gasteiger partial charge in [-0.3, -0.25) is 19.7 Å². The van der Waals surface area contributed by atoms with Crippen molar-refractivity contribution in [1.82, 2.24) is 10.6 Å². The number of carbonyl (C=O) groups excluding carboxylic acids is 2. The maximum absolute atomic E-state index is 12.8. The van der Waals surface area contributed by atoms with Crippen molar-refractivity contribution in [3.05, 3.63) is 33.9 Å². The molecule has 0 atom stereocenters. The van der Waals surface area contributed by atoms with Crippen molar-refractivity contribution in [3.8, 4) is 0 Å². The van der Waals surface area contributed by atoms with Crippen LogP contribution in [0.5, 0.6) is 0 Å². The fraction of sp³-hybridized carbons (Fsp3) is 0.619. The predicted octanol–water partition coefficient (Wildman–Crippen LogP) is 3.01. The molecule has 1 aliphatic heterocycles. The molecular formula is C21H30N4O4. The van der Waals surface area contributed by atoms with Gasteiger partial charge in [-0.25, -0.2) is 0 Å². The first kappa shape index (κ1) is 21.1. The van der Waals surface area contributed by atoms with Gasteiger partial charge >= 0.3 is 0 Å². The third-order valence-corrected chi connectivity index (χ3v) is 5.92. The summed E-state index contributed by atoms with van der Waals surface area (Å²) in [5, 5.41) is 16.9. The highest BCUT2D eigenvalue weighted by Crippen LogP contribution is 2.29. The van der Waals surface area contributed by atoms with Crippen LogP contribution in [0, 0.1) is 16.0 Å². The van der Waals surface area contributed by atoms with E-state index in [9.17, 15) is 19.7 Å². The van der Waals surface area contributed by atoms with Crippen molar-refractivity contribution >= 4 is 23.2 Å². The molecule has 1 aromatic rings. The fourth-order valence-corrected chi connectivity index (χ4v) is 4.10. The summed E-state index contributed by atoms with van der Waals surface area (Å²) in [5.74, 6) is 0.192. The van der Waals surface area contributed by atoms with E-state index in [1.165, 1.54) is 12.1 Å². The number of nitrogens with one attached hydrogen (secondary N) is 2. The third-order valence-electron chi connectivity index (χ3n) is 5.92. The standard InChI is InChI=1S/C21H30N4O4/c1-15-9-12-24(13-10-15)19-7-6-17(25(28)29)14-18(19)21(27)22-11-8-20(26)23-16-4-2-3-5-16/h6-7,14-16H,2-5,8-13H2,1H3,(H,22,27)(H,23,26). The molecule has 1 saturated carbocycles. The monoisotopic (exact) mass is 402 g/mol. The predicted molar refractivity (Wildman–Crippen MR) is 111 cm³/mol. The maximum Gasteiger partial charge on any atom is 0.270 e. The number of nitro groups is 1. The zero-order valence-corrected chi connectivity index (χ0v) is 17.0. The smallest absolute Gasteiger partial charge is 0.270 e. The Bertz CT molecular complexity index is 753. The van der Waals surface area contributed by atoms with E-state index in [0.717, 1.165) is 57.3 Å². The van der Waals surface area contributed by atoms with E-state index in [1.807, 2.05) is 0 Å². The highest BCUT2D eigenvalue weighted by molar-refractivity contribution is 6.00. The lowest BCUT2D eigenvalue weighted by Gasteiger charge is -2.33. The topological polar surface area (TPSA) is 105 Å². The van der Waals surface area contributed by atoms with Gasteiger partial charge < -0.3 is 15.5 Å². The van der Waals surface area contributed by atoms with Crippen LogP contribution in [0.2, 0.25) is 0 Å². The van der Waals surface area contributed by atoms with Gasteiger partial charge in [0.2, 0.25) is 5.91 Å². The van der Waals surface area contributed by atoms with Gasteiger partial charge in [-0.15, -0.1) is 0 Å². The number of hydrogen-bond donors (Lipinski definition) is 2. The number of anilines is 1. The first-order chi connectivity index (χ1) is 13.9. The van der Waals surface area contributed by atoms with Gasteiger partial charge in [-0.05, 0) is 37.7 Å². The Labute approximate surface area is 171 Å². The molecule has 0 spiro atoms. The number of nitro benzene ring substituents is 1. The fourth-order valence-electron chi connectivity index (χ4n) is 4.10. The van der Waals surface area contributed by atoms with E-state index in [2.05, 4.69) is 22.5 Å². The highest BCUT2D eigenvalue weighted by Gasteiger charge is 2.24. The molecule has 3 rings (SSSR count). The summed E-state index contributed by atoms with van der Waals surface area (Å²) in [6.07, 6.45) is 6.58. The zero-order valence-electron chi connectivity index (χ0n) is 17.0. The summed E-state index contributed by atoms with van der Waals surface area (Å²) in [4.78, 5) is 37.6. The number of benzene rings is 1. The van der Waals surface area contributed by atoms with Crippen molar-refractivity contribution in [2.24, 2.45) is 5.92 Å². The van der Waals surface area contributed by atoms with Gasteiger partial charge in [0, 0.05) is 44.2 Å². The normalized spacial score (nSPS) is 17.9. The van der Waals surface area contributed by atoms with Crippen LogP contribution in [-0.4, -0.2) is 42.4 Å². The molecule has 0 unspecified atom stereocenters. The number of hydrogen-bond acceptors (Lipinski definition) is 5. The van der Waals surface area contributed by atoms with E-state index in [4.69, 9.17) is 0 Å². The molecular weight excluding hydrogens is 372 g/mol. The minimum atomic E-state index is -0.492. The Kier molecular flexibility index (Phi) is 7.06. The molecule has 2 fully saturated rings. The minimum Gasteiger partial charge on any atom is -0.371 e. The molecule has 1 heterocycles. The largest absolute Gasteiger partial charge is 0.371 e. The molecule has 2 aliphatic rings. The minimum absolute atomic E-state index is 0.0681. The number of carbonyl (C=O) groups is 2. The van der Waals surface area contributed by atoms with Crippen LogP contribution < -0.4 is 15.5 Å². The molecule has 1 saturated heterocycles. The molecule has 2 N–H and O–H groups in total. The lowest BCUT2D eigenvalue weighted by Crippen LogP contribution is -2.37. The van der Waals surface area contributed by atoms with E-state index in [-0.39, 0.29) is 36.5 Å². The second kappa shape index (κ2) is 9.71. The van der Waals surface area contributed by atoms with Gasteiger partial charge in [-0.2, -0.15) is 0 Å². The Hall–Kier alpha value is -2.64. The Balaban J connectivity index is 1.63. The van der Waals surface area contributed by atoms with Crippen molar-refractivity contribution < 1.29 is 14.5 Å². The molecule has 0 radical (unpaired) electrons. The van der Waals surface area contributed by atoms with Crippen LogP contribution in [0.1, 0.15) is 62.2 Å². The van der Waals surface area contributed by atoms with Crippen LogP contribution in [0.25, 0.3) is 0 Å². The highest BCUT2D eigenvalue weighted by atomic mass is 16.6. The third kappa shape index (κ3) is 5.68. The molecule has 29 heavy (non-hydrogen) atoms. The zero-order chi connectivity index (χ0) is 20.8. The Morgan fingerprint density at radius 1 is 1.17 bits per heavy atom. The van der Waals surface area contributed by atoms with E-state index in [0.29, 0.717) is 11.5 Å². The van der Waals surface area contributed by atoms with Crippen molar-refractivity contribution in [3.63, 3.8) is 0 Å². The molecule has 1 aromatic carbocycles. The van der Waals surface area contributed by atoms with Crippen LogP contribution in [-0.2, 0) is 4.79 Å². The van der Waals surface area contributed by atoms with Gasteiger partial charge in [0.1, 0.15) is 0 Å². The summed E-state index contributed by atoms with van der Waals surface area (Å²) in [7, 11) is 0. The molecule has 8 heteroatoms. The molecule has 2 amide bonds. The van der Waals surface area contributed by atoms with Crippen LogP contribution in [0.15, 0.2) is 18.2 Å². The Morgan fingerprint density at radius 3 is 2.52 bits per heavy atom. The number of non-ortho nitro benzene ring substituents is 1. The summed E-state index contributed by atoms with van der Waals surface area (Å²) in [6, 6.07) is 4.69. The first-order valence-electron chi connectivity index (χ1n) is 10.5. The lowest BCUT2D eigenvalue weighted by atomic mass is 9.98. The SMILES string of the molecule is CC1CCN(c2ccc([N+](=O)[O-])cc2C(=O)NCCC(=O)NC2CCCC2)CC1. The van der Waals surface area contributed by atoms with Gasteiger partial charge in [0.25, 0.3) is 11.6 Å². The molecule has 8 nitrogen and oxygen atoms in total. The van der Waals surface area contributed by atoms with E-state index < -0.39 is 4.92 Å².